The first-order chi connectivity index (χ1) is 12.2. The third-order valence-electron chi connectivity index (χ3n) is 4.80. The van der Waals surface area contributed by atoms with Crippen molar-refractivity contribution in [2.75, 3.05) is 31.1 Å². The van der Waals surface area contributed by atoms with E-state index in [9.17, 15) is 0 Å². The van der Waals surface area contributed by atoms with Crippen LogP contribution in [0.4, 0.5) is 5.82 Å². The lowest BCUT2D eigenvalue weighted by molar-refractivity contribution is 0.209. The predicted molar refractivity (Wildman–Crippen MR) is 97.6 cm³/mol. The average molecular weight is 337 g/mol. The normalized spacial score (nSPS) is 16.0. The maximum absolute atomic E-state index is 4.50. The van der Waals surface area contributed by atoms with Crippen LogP contribution >= 0.6 is 0 Å². The Hall–Kier alpha value is -2.54. The summed E-state index contributed by atoms with van der Waals surface area (Å²) in [7, 11) is 0. The van der Waals surface area contributed by atoms with Crippen LogP contribution in [0.25, 0.3) is 11.2 Å². The van der Waals surface area contributed by atoms with E-state index in [1.807, 2.05) is 22.9 Å². The van der Waals surface area contributed by atoms with Gasteiger partial charge in [0.25, 0.3) is 0 Å². The summed E-state index contributed by atoms with van der Waals surface area (Å²) in [6, 6.07) is 10.8. The Morgan fingerprint density at radius 3 is 2.48 bits per heavy atom. The van der Waals surface area contributed by atoms with Crippen LogP contribution in [0.3, 0.4) is 0 Å². The van der Waals surface area contributed by atoms with E-state index in [4.69, 9.17) is 0 Å². The summed E-state index contributed by atoms with van der Waals surface area (Å²) in [5.74, 6) is 0.896. The summed E-state index contributed by atoms with van der Waals surface area (Å²) >= 11 is 0. The number of rotatable bonds is 4. The van der Waals surface area contributed by atoms with Crippen LogP contribution in [0.1, 0.15) is 19.4 Å². The topological polar surface area (TPSA) is 63.0 Å². The summed E-state index contributed by atoms with van der Waals surface area (Å²) < 4.78 is 1.85. The molecular weight excluding hydrogens is 314 g/mol. The molecule has 7 heteroatoms. The molecule has 2 aromatic heterocycles. The second kappa shape index (κ2) is 6.76. The number of anilines is 1. The molecule has 130 valence electrons. The molecule has 0 N–H and O–H groups in total. The number of benzene rings is 1. The number of nitrogens with zero attached hydrogens (tertiary/aromatic N) is 7. The fraction of sp³-hybridized carbons (Fsp3) is 0.444. The molecule has 0 unspecified atom stereocenters. The van der Waals surface area contributed by atoms with E-state index < -0.39 is 0 Å². The van der Waals surface area contributed by atoms with E-state index in [1.165, 1.54) is 5.56 Å². The molecule has 0 radical (unpaired) electrons. The Morgan fingerprint density at radius 2 is 1.76 bits per heavy atom. The highest BCUT2D eigenvalue weighted by Gasteiger charge is 2.23. The van der Waals surface area contributed by atoms with Crippen LogP contribution in [-0.2, 0) is 6.54 Å². The number of fused-ring (bicyclic) bond motifs is 1. The Morgan fingerprint density at radius 1 is 1.00 bits per heavy atom. The Balaban J connectivity index is 1.59. The van der Waals surface area contributed by atoms with Crippen molar-refractivity contribution in [3.05, 3.63) is 42.2 Å². The van der Waals surface area contributed by atoms with Crippen molar-refractivity contribution in [2.45, 2.75) is 26.4 Å². The van der Waals surface area contributed by atoms with E-state index in [0.29, 0.717) is 12.6 Å². The number of hydrogen-bond acceptors (Lipinski definition) is 6. The molecule has 0 atom stereocenters. The summed E-state index contributed by atoms with van der Waals surface area (Å²) in [6.45, 7) is 9.14. The molecule has 0 amide bonds. The van der Waals surface area contributed by atoms with E-state index in [-0.39, 0.29) is 0 Å². The summed E-state index contributed by atoms with van der Waals surface area (Å²) in [6.07, 6.45) is 1.62. The number of piperazine rings is 1. The van der Waals surface area contributed by atoms with Gasteiger partial charge < -0.3 is 4.90 Å². The SMILES string of the molecule is CC(C)N1CCN(c2ncnc3c2nnn3Cc2ccccc2)CC1. The first kappa shape index (κ1) is 16.0. The van der Waals surface area contributed by atoms with Crippen molar-refractivity contribution >= 4 is 17.0 Å². The lowest BCUT2D eigenvalue weighted by atomic mass is 10.2. The second-order valence-electron chi connectivity index (χ2n) is 6.72. The quantitative estimate of drug-likeness (QED) is 0.723. The van der Waals surface area contributed by atoms with E-state index in [2.05, 4.69) is 56.1 Å². The highest BCUT2D eigenvalue weighted by atomic mass is 15.5. The van der Waals surface area contributed by atoms with Crippen LogP contribution in [0, 0.1) is 0 Å². The minimum atomic E-state index is 0.583. The van der Waals surface area contributed by atoms with Gasteiger partial charge in [-0.05, 0) is 19.4 Å². The molecule has 1 aliphatic rings. The zero-order valence-corrected chi connectivity index (χ0v) is 14.7. The Bertz CT molecular complexity index is 835. The van der Waals surface area contributed by atoms with Gasteiger partial charge in [-0.3, -0.25) is 4.90 Å². The van der Waals surface area contributed by atoms with Crippen molar-refractivity contribution in [3.63, 3.8) is 0 Å². The highest BCUT2D eigenvalue weighted by molar-refractivity contribution is 5.82. The molecule has 0 aliphatic carbocycles. The van der Waals surface area contributed by atoms with Crippen molar-refractivity contribution in [1.82, 2.24) is 29.9 Å². The van der Waals surface area contributed by atoms with Crippen LogP contribution in [0.2, 0.25) is 0 Å². The van der Waals surface area contributed by atoms with Gasteiger partial charge in [-0.15, -0.1) is 5.10 Å². The third kappa shape index (κ3) is 3.19. The molecule has 25 heavy (non-hydrogen) atoms. The van der Waals surface area contributed by atoms with Gasteiger partial charge in [0.1, 0.15) is 6.33 Å². The highest BCUT2D eigenvalue weighted by Crippen LogP contribution is 2.22. The van der Waals surface area contributed by atoms with Crippen LogP contribution in [0.5, 0.6) is 0 Å². The van der Waals surface area contributed by atoms with E-state index in [0.717, 1.165) is 43.2 Å². The molecular formula is C18H23N7. The molecule has 4 rings (SSSR count). The molecule has 1 fully saturated rings. The molecule has 0 spiro atoms. The number of aromatic nitrogens is 5. The summed E-state index contributed by atoms with van der Waals surface area (Å²) in [5, 5.41) is 8.69. The van der Waals surface area contributed by atoms with Crippen LogP contribution in [-0.4, -0.2) is 62.1 Å². The van der Waals surface area contributed by atoms with Gasteiger partial charge in [-0.25, -0.2) is 14.6 Å². The molecule has 7 nitrogen and oxygen atoms in total. The van der Waals surface area contributed by atoms with Crippen molar-refractivity contribution in [1.29, 1.82) is 0 Å². The van der Waals surface area contributed by atoms with Gasteiger partial charge in [0.15, 0.2) is 17.0 Å². The summed E-state index contributed by atoms with van der Waals surface area (Å²) in [5.41, 5.74) is 2.76. The average Bonchev–Trinajstić information content (AvgIpc) is 3.06. The van der Waals surface area contributed by atoms with Gasteiger partial charge in [-0.2, -0.15) is 0 Å². The molecule has 1 aliphatic heterocycles. The molecule has 3 heterocycles. The Kier molecular flexibility index (Phi) is 4.31. The fourth-order valence-electron chi connectivity index (χ4n) is 3.32. The fourth-order valence-corrected chi connectivity index (χ4v) is 3.32. The summed E-state index contributed by atoms with van der Waals surface area (Å²) in [4.78, 5) is 13.7. The maximum Gasteiger partial charge on any atom is 0.184 e. The largest absolute Gasteiger partial charge is 0.352 e. The van der Waals surface area contributed by atoms with Gasteiger partial charge in [-0.1, -0.05) is 35.5 Å². The minimum absolute atomic E-state index is 0.583. The monoisotopic (exact) mass is 337 g/mol. The Labute approximate surface area is 147 Å². The zero-order chi connectivity index (χ0) is 17.2. The lowest BCUT2D eigenvalue weighted by Crippen LogP contribution is -2.49. The van der Waals surface area contributed by atoms with Gasteiger partial charge >= 0.3 is 0 Å². The van der Waals surface area contributed by atoms with Crippen LogP contribution < -0.4 is 4.90 Å². The molecule has 1 saturated heterocycles. The molecule has 1 aromatic carbocycles. The van der Waals surface area contributed by atoms with Gasteiger partial charge in [0.05, 0.1) is 6.54 Å². The van der Waals surface area contributed by atoms with Crippen LogP contribution in [0.15, 0.2) is 36.7 Å². The third-order valence-corrected chi connectivity index (χ3v) is 4.80. The van der Waals surface area contributed by atoms with Gasteiger partial charge in [0.2, 0.25) is 0 Å². The number of hydrogen-bond donors (Lipinski definition) is 0. The minimum Gasteiger partial charge on any atom is -0.352 e. The molecule has 0 saturated carbocycles. The molecule has 0 bridgehead atoms. The predicted octanol–water partition coefficient (Wildman–Crippen LogP) is 1.80. The smallest absolute Gasteiger partial charge is 0.184 e. The van der Waals surface area contributed by atoms with E-state index in [1.54, 1.807) is 6.33 Å². The van der Waals surface area contributed by atoms with E-state index >= 15 is 0 Å². The van der Waals surface area contributed by atoms with Crippen molar-refractivity contribution in [3.8, 4) is 0 Å². The lowest BCUT2D eigenvalue weighted by Gasteiger charge is -2.37. The second-order valence-corrected chi connectivity index (χ2v) is 6.72. The van der Waals surface area contributed by atoms with Crippen molar-refractivity contribution in [2.24, 2.45) is 0 Å². The first-order valence-corrected chi connectivity index (χ1v) is 8.79. The van der Waals surface area contributed by atoms with Crippen molar-refractivity contribution < 1.29 is 0 Å². The standard InChI is InChI=1S/C18H23N7/c1-14(2)23-8-10-24(11-9-23)17-16-18(20-13-19-17)25(22-21-16)12-15-6-4-3-5-7-15/h3-7,13-14H,8-12H2,1-2H3. The maximum atomic E-state index is 4.50. The molecule has 3 aromatic rings. The first-order valence-electron chi connectivity index (χ1n) is 8.79. The zero-order valence-electron chi connectivity index (χ0n) is 14.7. The van der Waals surface area contributed by atoms with Gasteiger partial charge in [0, 0.05) is 32.2 Å².